The van der Waals surface area contributed by atoms with Gasteiger partial charge in [-0.25, -0.2) is 0 Å². The fraction of sp³-hybridized carbons (Fsp3) is 0.571. The molecular weight excluding hydrogens is 413 g/mol. The number of likely N-dealkylation sites (N-methyl/N-ethyl adjacent to an activating group) is 1. The van der Waals surface area contributed by atoms with Crippen molar-refractivity contribution >= 4 is 35.6 Å². The van der Waals surface area contributed by atoms with E-state index < -0.39 is 0 Å². The van der Waals surface area contributed by atoms with Crippen LogP contribution >= 0.6 is 24.0 Å². The molecule has 5 atom stereocenters. The molecule has 2 unspecified atom stereocenters. The van der Waals surface area contributed by atoms with Crippen LogP contribution in [0.4, 0.5) is 5.69 Å². The van der Waals surface area contributed by atoms with Crippen molar-refractivity contribution in [3.63, 3.8) is 0 Å². The van der Waals surface area contributed by atoms with E-state index in [0.29, 0.717) is 34.1 Å². The molecule has 29 heavy (non-hydrogen) atoms. The molecular formula is C21H29Cl2N3O3. The van der Waals surface area contributed by atoms with Crippen LogP contribution in [0.1, 0.15) is 43.5 Å². The number of halogens is 2. The molecule has 2 bridgehead atoms. The van der Waals surface area contributed by atoms with Crippen LogP contribution in [-0.2, 0) is 4.74 Å². The Morgan fingerprint density at radius 2 is 2.10 bits per heavy atom. The maximum Gasteiger partial charge on any atom is 0.255 e. The summed E-state index contributed by atoms with van der Waals surface area (Å²) in [6, 6.07) is 3.97. The van der Waals surface area contributed by atoms with Gasteiger partial charge in [-0.15, -0.1) is 18.3 Å². The number of fused-ring (bicyclic) bond motifs is 2. The second-order valence-electron chi connectivity index (χ2n) is 7.56. The van der Waals surface area contributed by atoms with Crippen molar-refractivity contribution in [3.05, 3.63) is 22.7 Å². The summed E-state index contributed by atoms with van der Waals surface area (Å²) in [6.45, 7) is 3.56. The number of ether oxygens (including phenoxy) is 2. The molecule has 6 nitrogen and oxygen atoms in total. The minimum Gasteiger partial charge on any atom is -0.477 e. The summed E-state index contributed by atoms with van der Waals surface area (Å²) in [6.07, 6.45) is 2.61. The zero-order valence-electron chi connectivity index (χ0n) is 17.2. The third kappa shape index (κ3) is 5.10. The molecule has 1 aromatic rings. The molecule has 3 rings (SSSR count). The van der Waals surface area contributed by atoms with Gasteiger partial charge >= 0.3 is 0 Å². The van der Waals surface area contributed by atoms with Gasteiger partial charge in [0.05, 0.1) is 22.4 Å². The number of hydrogen-bond acceptors (Lipinski definition) is 5. The van der Waals surface area contributed by atoms with Gasteiger partial charge in [0, 0.05) is 31.3 Å². The smallest absolute Gasteiger partial charge is 0.255 e. The molecule has 0 radical (unpaired) electrons. The normalized spacial score (nSPS) is 26.7. The van der Waals surface area contributed by atoms with Crippen LogP contribution in [0.3, 0.4) is 0 Å². The highest BCUT2D eigenvalue weighted by molar-refractivity contribution is 6.33. The maximum atomic E-state index is 13.0. The highest BCUT2D eigenvalue weighted by Crippen LogP contribution is 2.36. The van der Waals surface area contributed by atoms with Crippen molar-refractivity contribution in [3.8, 4) is 17.6 Å². The molecule has 2 aliphatic rings. The third-order valence-electron chi connectivity index (χ3n) is 5.75. The monoisotopic (exact) mass is 441 g/mol. The summed E-state index contributed by atoms with van der Waals surface area (Å²) in [4.78, 5) is 15.4. The first-order valence-corrected chi connectivity index (χ1v) is 9.95. The number of nitrogens with zero attached hydrogens (tertiary/aromatic N) is 1. The Morgan fingerprint density at radius 3 is 2.76 bits per heavy atom. The van der Waals surface area contributed by atoms with Crippen molar-refractivity contribution in [2.45, 2.75) is 63.4 Å². The van der Waals surface area contributed by atoms with Crippen LogP contribution in [-0.4, -0.2) is 55.3 Å². The van der Waals surface area contributed by atoms with Crippen molar-refractivity contribution in [2.75, 3.05) is 19.9 Å². The lowest BCUT2D eigenvalue weighted by molar-refractivity contribution is 0.0523. The molecule has 0 spiro atoms. The first kappa shape index (κ1) is 23.6. The Labute approximate surface area is 183 Å². The zero-order valence-corrected chi connectivity index (χ0v) is 18.8. The number of carbonyl (C=O) groups is 1. The Morgan fingerprint density at radius 1 is 1.38 bits per heavy atom. The standard InChI is InChI=1S/C21H28ClN3O3.ClH/c1-5-6-12(2)28-19-11-17(23)16(22)10-15(19)21(26)24-13-7-14-9-20(27-4)18(8-13)25(14)3;/h10-14,18,20H,7-9,23H2,1-4H3,(H,24,26);1H/t12-,13+,14?,18?,20-;/m0./s1. The van der Waals surface area contributed by atoms with E-state index in [-0.39, 0.29) is 36.6 Å². The molecule has 1 aromatic carbocycles. The number of methoxy groups -OCH3 is 1. The molecule has 3 N–H and O–H groups in total. The molecule has 8 heteroatoms. The number of anilines is 1. The van der Waals surface area contributed by atoms with Crippen LogP contribution in [0, 0.1) is 11.8 Å². The average Bonchev–Trinajstić information content (AvgIpc) is 2.82. The molecule has 2 aliphatic heterocycles. The number of hydrogen-bond donors (Lipinski definition) is 2. The molecule has 2 fully saturated rings. The number of rotatable bonds is 5. The van der Waals surface area contributed by atoms with Crippen LogP contribution in [0.5, 0.6) is 5.75 Å². The molecule has 160 valence electrons. The summed E-state index contributed by atoms with van der Waals surface area (Å²) < 4.78 is 11.5. The van der Waals surface area contributed by atoms with Crippen LogP contribution in [0.15, 0.2) is 12.1 Å². The van der Waals surface area contributed by atoms with Crippen molar-refractivity contribution in [1.82, 2.24) is 10.2 Å². The van der Waals surface area contributed by atoms with E-state index in [1.807, 2.05) is 6.92 Å². The molecule has 0 aromatic heterocycles. The number of nitrogens with one attached hydrogen (secondary N) is 1. The second kappa shape index (κ2) is 9.90. The molecule has 2 heterocycles. The van der Waals surface area contributed by atoms with Gasteiger partial charge in [-0.05, 0) is 46.2 Å². The lowest BCUT2D eigenvalue weighted by atomic mass is 9.97. The predicted octanol–water partition coefficient (Wildman–Crippen LogP) is 3.11. The molecule has 1 amide bonds. The Balaban J connectivity index is 0.00000300. The van der Waals surface area contributed by atoms with E-state index in [2.05, 4.69) is 29.1 Å². The Hall–Kier alpha value is -1.65. The minimum absolute atomic E-state index is 0. The SMILES string of the molecule is CC#C[C@H](C)Oc1cc(N)c(Cl)cc1C(=O)N[C@@H]1CC2C[C@H](OC)C(C1)N2C.Cl. The molecule has 2 saturated heterocycles. The van der Waals surface area contributed by atoms with Gasteiger partial charge in [0.15, 0.2) is 6.10 Å². The predicted molar refractivity (Wildman–Crippen MR) is 118 cm³/mol. The summed E-state index contributed by atoms with van der Waals surface area (Å²) in [7, 11) is 3.89. The van der Waals surface area contributed by atoms with Gasteiger partial charge in [-0.2, -0.15) is 0 Å². The van der Waals surface area contributed by atoms with Gasteiger partial charge in [0.25, 0.3) is 5.91 Å². The van der Waals surface area contributed by atoms with E-state index in [1.54, 1.807) is 26.2 Å². The van der Waals surface area contributed by atoms with Crippen LogP contribution in [0.2, 0.25) is 5.02 Å². The third-order valence-corrected chi connectivity index (χ3v) is 6.08. The Bertz CT molecular complexity index is 808. The van der Waals surface area contributed by atoms with Crippen LogP contribution in [0.25, 0.3) is 0 Å². The number of nitrogens with two attached hydrogens (primary N) is 1. The quantitative estimate of drug-likeness (QED) is 0.542. The number of benzene rings is 1. The number of nitrogen functional groups attached to an aromatic ring is 1. The van der Waals surface area contributed by atoms with Crippen molar-refractivity contribution in [2.24, 2.45) is 0 Å². The maximum absolute atomic E-state index is 13.0. The van der Waals surface area contributed by atoms with E-state index >= 15 is 0 Å². The van der Waals surface area contributed by atoms with Gasteiger partial charge in [-0.1, -0.05) is 17.5 Å². The number of carbonyl (C=O) groups excluding carboxylic acids is 1. The summed E-state index contributed by atoms with van der Waals surface area (Å²) >= 11 is 6.17. The van der Waals surface area contributed by atoms with Gasteiger partial charge in [-0.3, -0.25) is 9.69 Å². The lowest BCUT2D eigenvalue weighted by Gasteiger charge is -2.37. The zero-order chi connectivity index (χ0) is 20.4. The van der Waals surface area contributed by atoms with E-state index in [9.17, 15) is 4.79 Å². The van der Waals surface area contributed by atoms with Gasteiger partial charge < -0.3 is 20.5 Å². The first-order chi connectivity index (χ1) is 13.3. The topological polar surface area (TPSA) is 76.8 Å². The van der Waals surface area contributed by atoms with E-state index in [1.165, 1.54) is 0 Å². The van der Waals surface area contributed by atoms with Crippen molar-refractivity contribution < 1.29 is 14.3 Å². The van der Waals surface area contributed by atoms with E-state index in [4.69, 9.17) is 26.8 Å². The van der Waals surface area contributed by atoms with E-state index in [0.717, 1.165) is 19.3 Å². The number of amides is 1. The van der Waals surface area contributed by atoms with Crippen molar-refractivity contribution in [1.29, 1.82) is 0 Å². The highest BCUT2D eigenvalue weighted by atomic mass is 35.5. The lowest BCUT2D eigenvalue weighted by Crippen LogP contribution is -2.50. The molecule has 0 saturated carbocycles. The first-order valence-electron chi connectivity index (χ1n) is 9.57. The number of piperidine rings is 1. The minimum atomic E-state index is -0.362. The summed E-state index contributed by atoms with van der Waals surface area (Å²) in [5.74, 6) is 5.90. The Kier molecular flexibility index (Phi) is 8.07. The molecule has 0 aliphatic carbocycles. The fourth-order valence-corrected chi connectivity index (χ4v) is 4.49. The second-order valence-corrected chi connectivity index (χ2v) is 7.97. The van der Waals surface area contributed by atoms with Gasteiger partial charge in [0.2, 0.25) is 0 Å². The average molecular weight is 442 g/mol. The fourth-order valence-electron chi connectivity index (χ4n) is 4.32. The summed E-state index contributed by atoms with van der Waals surface area (Å²) in [5, 5.41) is 3.49. The summed E-state index contributed by atoms with van der Waals surface area (Å²) in [5.41, 5.74) is 6.65. The highest BCUT2D eigenvalue weighted by Gasteiger charge is 2.45. The van der Waals surface area contributed by atoms with Crippen LogP contribution < -0.4 is 15.8 Å². The van der Waals surface area contributed by atoms with Gasteiger partial charge in [0.1, 0.15) is 5.75 Å². The largest absolute Gasteiger partial charge is 0.477 e.